The van der Waals surface area contributed by atoms with Gasteiger partial charge in [0.15, 0.2) is 0 Å². The second-order valence-electron chi connectivity index (χ2n) is 2.15. The summed E-state index contributed by atoms with van der Waals surface area (Å²) in [4.78, 5) is 0. The molecule has 5 heteroatoms. The van der Waals surface area contributed by atoms with E-state index in [0.29, 0.717) is 12.0 Å². The standard InChI is InChI=1S/C4H7N5/c1-2-3(1)5-4-6-8-9-7-4/h3H,1-2H2,(H2,5,6,7,8,9). The first-order valence-electron chi connectivity index (χ1n) is 2.95. The Kier molecular flexibility index (Phi) is 0.881. The lowest BCUT2D eigenvalue weighted by Crippen LogP contribution is -2.01. The Morgan fingerprint density at radius 2 is 2.44 bits per heavy atom. The third-order valence-electron chi connectivity index (χ3n) is 1.26. The van der Waals surface area contributed by atoms with Crippen LogP contribution in [-0.4, -0.2) is 26.7 Å². The van der Waals surface area contributed by atoms with Crippen LogP contribution in [0.15, 0.2) is 0 Å². The molecule has 1 heterocycles. The Hall–Kier alpha value is -1.13. The summed E-state index contributed by atoms with van der Waals surface area (Å²) in [5, 5.41) is 16.3. The fourth-order valence-corrected chi connectivity index (χ4v) is 0.633. The van der Waals surface area contributed by atoms with Crippen molar-refractivity contribution in [3.63, 3.8) is 0 Å². The topological polar surface area (TPSA) is 66.5 Å². The number of tetrazole rings is 1. The van der Waals surface area contributed by atoms with E-state index in [0.717, 1.165) is 0 Å². The number of nitrogens with zero attached hydrogens (tertiary/aromatic N) is 3. The van der Waals surface area contributed by atoms with E-state index in [1.54, 1.807) is 0 Å². The van der Waals surface area contributed by atoms with E-state index >= 15 is 0 Å². The highest BCUT2D eigenvalue weighted by Gasteiger charge is 2.21. The summed E-state index contributed by atoms with van der Waals surface area (Å²) in [6.45, 7) is 0. The first-order valence-corrected chi connectivity index (χ1v) is 2.95. The van der Waals surface area contributed by atoms with Gasteiger partial charge in [-0.1, -0.05) is 5.10 Å². The molecule has 0 aromatic carbocycles. The van der Waals surface area contributed by atoms with Crippen LogP contribution in [0.3, 0.4) is 0 Å². The van der Waals surface area contributed by atoms with Crippen molar-refractivity contribution in [1.82, 2.24) is 20.6 Å². The number of aromatic amines is 1. The Labute approximate surface area is 51.8 Å². The molecule has 0 saturated heterocycles. The number of aromatic nitrogens is 4. The van der Waals surface area contributed by atoms with Crippen molar-refractivity contribution in [2.45, 2.75) is 18.9 Å². The van der Waals surface area contributed by atoms with Gasteiger partial charge in [0.25, 0.3) is 5.95 Å². The minimum atomic E-state index is 0.600. The smallest absolute Gasteiger partial charge is 0.263 e. The maximum absolute atomic E-state index is 3.74. The number of anilines is 1. The van der Waals surface area contributed by atoms with Gasteiger partial charge in [-0.15, -0.1) is 5.10 Å². The van der Waals surface area contributed by atoms with E-state index in [2.05, 4.69) is 25.9 Å². The van der Waals surface area contributed by atoms with Crippen molar-refractivity contribution in [3.05, 3.63) is 0 Å². The second-order valence-corrected chi connectivity index (χ2v) is 2.15. The van der Waals surface area contributed by atoms with E-state index in [1.807, 2.05) is 0 Å². The van der Waals surface area contributed by atoms with E-state index in [4.69, 9.17) is 0 Å². The average molecular weight is 125 g/mol. The highest BCUT2D eigenvalue weighted by atomic mass is 15.5. The van der Waals surface area contributed by atoms with Gasteiger partial charge in [-0.25, -0.2) is 0 Å². The predicted octanol–water partition coefficient (Wildman–Crippen LogP) is -0.226. The lowest BCUT2D eigenvalue weighted by Gasteiger charge is -1.91. The largest absolute Gasteiger partial charge is 0.349 e. The molecule has 1 fully saturated rings. The lowest BCUT2D eigenvalue weighted by molar-refractivity contribution is 0.881. The summed E-state index contributed by atoms with van der Waals surface area (Å²) in [6, 6.07) is 0.600. The number of hydrogen-bond donors (Lipinski definition) is 2. The van der Waals surface area contributed by atoms with Gasteiger partial charge in [-0.05, 0) is 18.1 Å². The van der Waals surface area contributed by atoms with E-state index in [1.165, 1.54) is 12.8 Å². The van der Waals surface area contributed by atoms with Crippen LogP contribution in [0, 0.1) is 0 Å². The summed E-state index contributed by atoms with van der Waals surface area (Å²) in [5.41, 5.74) is 0. The number of H-pyrrole nitrogens is 1. The molecule has 1 aliphatic rings. The Morgan fingerprint density at radius 1 is 1.56 bits per heavy atom. The third-order valence-corrected chi connectivity index (χ3v) is 1.26. The molecule has 0 unspecified atom stereocenters. The van der Waals surface area contributed by atoms with Crippen LogP contribution in [0.5, 0.6) is 0 Å². The molecular weight excluding hydrogens is 118 g/mol. The van der Waals surface area contributed by atoms with Crippen LogP contribution in [0.2, 0.25) is 0 Å². The van der Waals surface area contributed by atoms with Gasteiger partial charge in [-0.2, -0.15) is 5.21 Å². The van der Waals surface area contributed by atoms with Gasteiger partial charge in [0.1, 0.15) is 0 Å². The molecule has 1 aromatic heterocycles. The number of nitrogens with one attached hydrogen (secondary N) is 2. The van der Waals surface area contributed by atoms with Crippen molar-refractivity contribution < 1.29 is 0 Å². The fourth-order valence-electron chi connectivity index (χ4n) is 0.633. The first kappa shape index (κ1) is 4.72. The molecule has 0 spiro atoms. The van der Waals surface area contributed by atoms with Gasteiger partial charge in [0.05, 0.1) is 0 Å². The van der Waals surface area contributed by atoms with Crippen LogP contribution >= 0.6 is 0 Å². The van der Waals surface area contributed by atoms with E-state index in [-0.39, 0.29) is 0 Å². The minimum absolute atomic E-state index is 0.600. The Balaban J connectivity index is 1.99. The zero-order chi connectivity index (χ0) is 6.10. The number of hydrogen-bond acceptors (Lipinski definition) is 4. The van der Waals surface area contributed by atoms with Crippen LogP contribution in [-0.2, 0) is 0 Å². The molecular formula is C4H7N5. The van der Waals surface area contributed by atoms with Crippen LogP contribution in [0.4, 0.5) is 5.95 Å². The second kappa shape index (κ2) is 1.68. The predicted molar refractivity (Wildman–Crippen MR) is 30.8 cm³/mol. The molecule has 2 N–H and O–H groups in total. The molecule has 0 radical (unpaired) electrons. The fraction of sp³-hybridized carbons (Fsp3) is 0.750. The minimum Gasteiger partial charge on any atom is -0.349 e. The molecule has 5 nitrogen and oxygen atoms in total. The molecule has 2 rings (SSSR count). The van der Waals surface area contributed by atoms with Crippen LogP contribution in [0.1, 0.15) is 12.8 Å². The van der Waals surface area contributed by atoms with E-state index in [9.17, 15) is 0 Å². The Morgan fingerprint density at radius 3 is 3.00 bits per heavy atom. The lowest BCUT2D eigenvalue weighted by atomic mass is 10.7. The van der Waals surface area contributed by atoms with Gasteiger partial charge < -0.3 is 5.32 Å². The summed E-state index contributed by atoms with van der Waals surface area (Å²) in [5.74, 6) is 0.609. The zero-order valence-corrected chi connectivity index (χ0v) is 4.83. The molecule has 1 aromatic rings. The maximum atomic E-state index is 3.74. The summed E-state index contributed by atoms with van der Waals surface area (Å²) >= 11 is 0. The normalized spacial score (nSPS) is 17.8. The third kappa shape index (κ3) is 0.984. The van der Waals surface area contributed by atoms with Crippen LogP contribution < -0.4 is 5.32 Å². The first-order chi connectivity index (χ1) is 4.45. The van der Waals surface area contributed by atoms with Crippen molar-refractivity contribution in [2.24, 2.45) is 0 Å². The quantitative estimate of drug-likeness (QED) is 0.573. The monoisotopic (exact) mass is 125 g/mol. The highest BCUT2D eigenvalue weighted by Crippen LogP contribution is 2.21. The van der Waals surface area contributed by atoms with Crippen molar-refractivity contribution in [1.29, 1.82) is 0 Å². The van der Waals surface area contributed by atoms with E-state index < -0.39 is 0 Å². The number of rotatable bonds is 2. The van der Waals surface area contributed by atoms with Gasteiger partial charge in [-0.3, -0.25) is 0 Å². The molecule has 0 amide bonds. The molecule has 1 saturated carbocycles. The molecule has 9 heavy (non-hydrogen) atoms. The van der Waals surface area contributed by atoms with Crippen molar-refractivity contribution >= 4 is 5.95 Å². The summed E-state index contributed by atoms with van der Waals surface area (Å²) in [6.07, 6.45) is 2.46. The summed E-state index contributed by atoms with van der Waals surface area (Å²) < 4.78 is 0. The maximum Gasteiger partial charge on any atom is 0.263 e. The molecule has 1 aliphatic carbocycles. The molecule has 0 aliphatic heterocycles. The van der Waals surface area contributed by atoms with Crippen molar-refractivity contribution in [2.75, 3.05) is 5.32 Å². The average Bonchev–Trinajstić information content (AvgIpc) is 2.46. The highest BCUT2D eigenvalue weighted by molar-refractivity contribution is 5.23. The van der Waals surface area contributed by atoms with Gasteiger partial charge in [0, 0.05) is 6.04 Å². The molecule has 0 bridgehead atoms. The van der Waals surface area contributed by atoms with Crippen molar-refractivity contribution in [3.8, 4) is 0 Å². The summed E-state index contributed by atoms with van der Waals surface area (Å²) in [7, 11) is 0. The van der Waals surface area contributed by atoms with Gasteiger partial charge in [0.2, 0.25) is 0 Å². The van der Waals surface area contributed by atoms with Gasteiger partial charge >= 0.3 is 0 Å². The van der Waals surface area contributed by atoms with Crippen LogP contribution in [0.25, 0.3) is 0 Å². The molecule has 0 atom stereocenters. The molecule has 48 valence electrons. The Bertz CT molecular complexity index is 177. The SMILES string of the molecule is C1CC1Nc1nn[nH]n1. The zero-order valence-electron chi connectivity index (χ0n) is 4.83.